The Hall–Kier alpha value is -2.21. The Kier molecular flexibility index (Phi) is 2.79. The number of aromatic nitrogens is 3. The van der Waals surface area contributed by atoms with E-state index in [1.165, 1.54) is 22.2 Å². The Morgan fingerprint density at radius 3 is 2.68 bits per heavy atom. The lowest BCUT2D eigenvalue weighted by atomic mass is 10.2. The molecule has 1 saturated heterocycles. The van der Waals surface area contributed by atoms with E-state index in [0.717, 1.165) is 0 Å². The van der Waals surface area contributed by atoms with E-state index in [1.54, 1.807) is 18.2 Å². The molecule has 19 heavy (non-hydrogen) atoms. The zero-order chi connectivity index (χ0) is 13.4. The highest BCUT2D eigenvalue weighted by atomic mass is 35.5. The lowest BCUT2D eigenvalue weighted by Gasteiger charge is -2.16. The standard InChI is InChI=1S/C12H9ClN4O2/c13-10-3-8(16-5-9(18)4-12(16)19)1-2-11(10)17-7-14-6-15-17/h1-3,6-7H,4-5H2. The zero-order valence-corrected chi connectivity index (χ0v) is 10.5. The topological polar surface area (TPSA) is 68.1 Å². The van der Waals surface area contributed by atoms with Crippen LogP contribution in [-0.2, 0) is 9.59 Å². The van der Waals surface area contributed by atoms with Gasteiger partial charge < -0.3 is 4.90 Å². The van der Waals surface area contributed by atoms with Gasteiger partial charge in [-0.05, 0) is 18.2 Å². The van der Waals surface area contributed by atoms with Gasteiger partial charge in [0, 0.05) is 5.69 Å². The van der Waals surface area contributed by atoms with Gasteiger partial charge in [0.15, 0.2) is 5.78 Å². The second-order valence-corrected chi connectivity index (χ2v) is 4.58. The molecule has 0 atom stereocenters. The third-order valence-electron chi connectivity index (χ3n) is 2.89. The Morgan fingerprint density at radius 2 is 2.11 bits per heavy atom. The van der Waals surface area contributed by atoms with Crippen molar-refractivity contribution in [3.05, 3.63) is 35.9 Å². The molecule has 0 bridgehead atoms. The summed E-state index contributed by atoms with van der Waals surface area (Å²) in [6.07, 6.45) is 2.90. The fraction of sp³-hybridized carbons (Fsp3) is 0.167. The van der Waals surface area contributed by atoms with Gasteiger partial charge in [0.05, 0.1) is 23.7 Å². The molecule has 0 spiro atoms. The van der Waals surface area contributed by atoms with Crippen LogP contribution in [0.1, 0.15) is 6.42 Å². The van der Waals surface area contributed by atoms with Crippen LogP contribution in [0.3, 0.4) is 0 Å². The molecule has 0 saturated carbocycles. The number of Topliss-reactive ketones (excluding diaryl/α,β-unsaturated/α-hetero) is 1. The molecule has 0 N–H and O–H groups in total. The smallest absolute Gasteiger partial charge is 0.234 e. The van der Waals surface area contributed by atoms with Gasteiger partial charge in [-0.15, -0.1) is 0 Å². The van der Waals surface area contributed by atoms with Gasteiger partial charge in [-0.1, -0.05) is 11.6 Å². The van der Waals surface area contributed by atoms with E-state index >= 15 is 0 Å². The highest BCUT2D eigenvalue weighted by Gasteiger charge is 2.28. The van der Waals surface area contributed by atoms with Gasteiger partial charge >= 0.3 is 0 Å². The summed E-state index contributed by atoms with van der Waals surface area (Å²) in [6, 6.07) is 5.12. The second-order valence-electron chi connectivity index (χ2n) is 4.17. The summed E-state index contributed by atoms with van der Waals surface area (Å²) in [6.45, 7) is 0.109. The Morgan fingerprint density at radius 1 is 1.26 bits per heavy atom. The van der Waals surface area contributed by atoms with Gasteiger partial charge in [0.25, 0.3) is 0 Å². The monoisotopic (exact) mass is 276 g/mol. The van der Waals surface area contributed by atoms with E-state index in [9.17, 15) is 9.59 Å². The number of nitrogens with zero attached hydrogens (tertiary/aromatic N) is 4. The first-order chi connectivity index (χ1) is 9.15. The number of anilines is 1. The molecule has 1 amide bonds. The molecule has 96 valence electrons. The van der Waals surface area contributed by atoms with Crippen molar-refractivity contribution in [1.82, 2.24) is 14.8 Å². The first-order valence-electron chi connectivity index (χ1n) is 5.62. The van der Waals surface area contributed by atoms with Crippen molar-refractivity contribution in [2.75, 3.05) is 11.4 Å². The van der Waals surface area contributed by atoms with Crippen LogP contribution in [0.4, 0.5) is 5.69 Å². The van der Waals surface area contributed by atoms with Crippen LogP contribution < -0.4 is 4.90 Å². The van der Waals surface area contributed by atoms with Crippen LogP contribution in [-0.4, -0.2) is 33.0 Å². The van der Waals surface area contributed by atoms with Gasteiger partial charge in [-0.25, -0.2) is 9.67 Å². The first kappa shape index (κ1) is 11.9. The van der Waals surface area contributed by atoms with Crippen LogP contribution in [0.15, 0.2) is 30.9 Å². The van der Waals surface area contributed by atoms with Crippen molar-refractivity contribution in [3.63, 3.8) is 0 Å². The van der Waals surface area contributed by atoms with Crippen molar-refractivity contribution in [2.45, 2.75) is 6.42 Å². The van der Waals surface area contributed by atoms with Crippen molar-refractivity contribution >= 4 is 29.0 Å². The van der Waals surface area contributed by atoms with Gasteiger partial charge in [-0.3, -0.25) is 9.59 Å². The Labute approximate surface area is 113 Å². The number of carbonyl (C=O) groups is 2. The molecule has 6 nitrogen and oxygen atoms in total. The van der Waals surface area contributed by atoms with Crippen molar-refractivity contribution in [1.29, 1.82) is 0 Å². The number of rotatable bonds is 2. The highest BCUT2D eigenvalue weighted by molar-refractivity contribution is 6.32. The maximum Gasteiger partial charge on any atom is 0.234 e. The summed E-state index contributed by atoms with van der Waals surface area (Å²) in [5.74, 6) is -0.281. The summed E-state index contributed by atoms with van der Waals surface area (Å²) >= 11 is 6.17. The maximum absolute atomic E-state index is 11.6. The van der Waals surface area contributed by atoms with Crippen molar-refractivity contribution in [3.8, 4) is 5.69 Å². The zero-order valence-electron chi connectivity index (χ0n) is 9.78. The van der Waals surface area contributed by atoms with Crippen LogP contribution in [0.5, 0.6) is 0 Å². The normalized spacial score (nSPS) is 15.3. The lowest BCUT2D eigenvalue weighted by molar-refractivity contribution is -0.121. The van der Waals surface area contributed by atoms with Crippen molar-refractivity contribution in [2.24, 2.45) is 0 Å². The third kappa shape index (κ3) is 2.10. The van der Waals surface area contributed by atoms with Gasteiger partial charge in [0.1, 0.15) is 12.7 Å². The minimum Gasteiger partial charge on any atom is -0.305 e. The summed E-state index contributed by atoms with van der Waals surface area (Å²) in [7, 11) is 0. The van der Waals surface area contributed by atoms with E-state index in [0.29, 0.717) is 16.4 Å². The number of hydrogen-bond acceptors (Lipinski definition) is 4. The van der Waals surface area contributed by atoms with Crippen LogP contribution in [0.2, 0.25) is 5.02 Å². The SMILES string of the molecule is O=C1CC(=O)N(c2ccc(-n3cncn3)c(Cl)c2)C1. The highest BCUT2D eigenvalue weighted by Crippen LogP contribution is 2.27. The molecule has 7 heteroatoms. The molecule has 2 heterocycles. The predicted octanol–water partition coefficient (Wildman–Crippen LogP) is 1.23. The Balaban J connectivity index is 1.96. The van der Waals surface area contributed by atoms with E-state index in [2.05, 4.69) is 10.1 Å². The lowest BCUT2D eigenvalue weighted by Crippen LogP contribution is -2.24. The van der Waals surface area contributed by atoms with Crippen LogP contribution in [0.25, 0.3) is 5.69 Å². The number of benzene rings is 1. The molecule has 1 aliphatic heterocycles. The quantitative estimate of drug-likeness (QED) is 0.774. The molecule has 0 unspecified atom stereocenters. The summed E-state index contributed by atoms with van der Waals surface area (Å²) in [4.78, 5) is 28.2. The van der Waals surface area contributed by atoms with E-state index < -0.39 is 0 Å². The van der Waals surface area contributed by atoms with E-state index in [-0.39, 0.29) is 24.7 Å². The number of ketones is 1. The summed E-state index contributed by atoms with van der Waals surface area (Å²) in [5, 5.41) is 4.43. The van der Waals surface area contributed by atoms with E-state index in [1.807, 2.05) is 0 Å². The molecular weight excluding hydrogens is 268 g/mol. The average molecular weight is 277 g/mol. The first-order valence-corrected chi connectivity index (χ1v) is 5.99. The minimum atomic E-state index is -0.199. The third-order valence-corrected chi connectivity index (χ3v) is 3.20. The summed E-state index contributed by atoms with van der Waals surface area (Å²) in [5.41, 5.74) is 1.28. The maximum atomic E-state index is 11.6. The minimum absolute atomic E-state index is 0.0392. The molecule has 2 aromatic rings. The Bertz CT molecular complexity index is 654. The molecule has 0 aliphatic carbocycles. The fourth-order valence-electron chi connectivity index (χ4n) is 2.00. The molecular formula is C12H9ClN4O2. The molecule has 3 rings (SSSR count). The molecule has 1 aliphatic rings. The molecule has 1 fully saturated rings. The van der Waals surface area contributed by atoms with Crippen molar-refractivity contribution < 1.29 is 9.59 Å². The predicted molar refractivity (Wildman–Crippen MR) is 68.3 cm³/mol. The largest absolute Gasteiger partial charge is 0.305 e. The second kappa shape index (κ2) is 4.47. The molecule has 1 aromatic carbocycles. The van der Waals surface area contributed by atoms with Crippen LogP contribution in [0, 0.1) is 0 Å². The fourth-order valence-corrected chi connectivity index (χ4v) is 2.26. The number of hydrogen-bond donors (Lipinski definition) is 0. The molecule has 0 radical (unpaired) electrons. The summed E-state index contributed by atoms with van der Waals surface area (Å²) < 4.78 is 1.53. The number of amides is 1. The van der Waals surface area contributed by atoms with E-state index in [4.69, 9.17) is 11.6 Å². The number of halogens is 1. The van der Waals surface area contributed by atoms with Gasteiger partial charge in [0.2, 0.25) is 5.91 Å². The van der Waals surface area contributed by atoms with Gasteiger partial charge in [-0.2, -0.15) is 5.10 Å². The average Bonchev–Trinajstić information content (AvgIpc) is 2.99. The van der Waals surface area contributed by atoms with Crippen LogP contribution >= 0.6 is 11.6 Å². The molecule has 1 aromatic heterocycles. The number of carbonyl (C=O) groups excluding carboxylic acids is 2.